The number of carbonyl (C=O) groups is 1. The summed E-state index contributed by atoms with van der Waals surface area (Å²) in [7, 11) is 0. The van der Waals surface area contributed by atoms with Gasteiger partial charge in [0.1, 0.15) is 5.82 Å². The molecule has 0 fully saturated rings. The van der Waals surface area contributed by atoms with Crippen LogP contribution in [0.2, 0.25) is 0 Å². The number of amides is 1. The zero-order valence-corrected chi connectivity index (χ0v) is 12.9. The molecule has 0 N–H and O–H groups in total. The molecule has 1 aromatic carbocycles. The van der Waals surface area contributed by atoms with Crippen molar-refractivity contribution in [3.63, 3.8) is 0 Å². The Bertz CT molecular complexity index is 573. The maximum atomic E-state index is 12.6. The van der Waals surface area contributed by atoms with Crippen LogP contribution in [0.25, 0.3) is 0 Å². The van der Waals surface area contributed by atoms with Crippen LogP contribution >= 0.6 is 0 Å². The lowest BCUT2D eigenvalue weighted by Gasteiger charge is -2.26. The first-order chi connectivity index (χ1) is 9.96. The second-order valence-corrected chi connectivity index (χ2v) is 6.39. The Morgan fingerprint density at radius 1 is 1.05 bits per heavy atom. The van der Waals surface area contributed by atoms with Crippen molar-refractivity contribution in [3.05, 3.63) is 60.3 Å². The number of carbonyl (C=O) groups excluding carboxylic acids is 1. The van der Waals surface area contributed by atoms with Gasteiger partial charge in [-0.15, -0.1) is 0 Å². The summed E-state index contributed by atoms with van der Waals surface area (Å²) in [6.45, 7) is 6.77. The molecule has 2 aromatic rings. The maximum Gasteiger partial charge on any atom is 0.228 e. The predicted octanol–water partition coefficient (Wildman–Crippen LogP) is 4.05. The third kappa shape index (κ3) is 4.71. The van der Waals surface area contributed by atoms with E-state index >= 15 is 0 Å². The van der Waals surface area contributed by atoms with Crippen LogP contribution in [0.1, 0.15) is 32.8 Å². The van der Waals surface area contributed by atoms with Crippen molar-refractivity contribution in [1.82, 2.24) is 4.98 Å². The first kappa shape index (κ1) is 15.2. The standard InChI is InChI=1S/C18H22N2O/c1-18(2,3)13-17(21)20(16-11-7-8-12-19-16)14-15-9-5-4-6-10-15/h4-12H,13-14H2,1-3H3. The molecular formula is C18H22N2O. The monoisotopic (exact) mass is 282 g/mol. The van der Waals surface area contributed by atoms with Crippen molar-refractivity contribution in [2.75, 3.05) is 4.90 Å². The van der Waals surface area contributed by atoms with E-state index in [1.165, 1.54) is 0 Å². The van der Waals surface area contributed by atoms with E-state index in [9.17, 15) is 4.79 Å². The molecule has 110 valence electrons. The average Bonchev–Trinajstić information content (AvgIpc) is 2.45. The van der Waals surface area contributed by atoms with Gasteiger partial charge in [-0.2, -0.15) is 0 Å². The smallest absolute Gasteiger partial charge is 0.228 e. The minimum absolute atomic E-state index is 0.0409. The van der Waals surface area contributed by atoms with E-state index in [2.05, 4.69) is 25.8 Å². The van der Waals surface area contributed by atoms with Crippen molar-refractivity contribution >= 4 is 11.7 Å². The third-order valence-corrected chi connectivity index (χ3v) is 3.09. The summed E-state index contributed by atoms with van der Waals surface area (Å²) in [6, 6.07) is 15.7. The van der Waals surface area contributed by atoms with Crippen molar-refractivity contribution < 1.29 is 4.79 Å². The zero-order valence-electron chi connectivity index (χ0n) is 12.9. The predicted molar refractivity (Wildman–Crippen MR) is 85.9 cm³/mol. The summed E-state index contributed by atoms with van der Waals surface area (Å²) in [5.41, 5.74) is 1.06. The van der Waals surface area contributed by atoms with Crippen molar-refractivity contribution in [2.45, 2.75) is 33.7 Å². The Labute approximate surface area is 126 Å². The molecule has 0 radical (unpaired) electrons. The summed E-state index contributed by atoms with van der Waals surface area (Å²) < 4.78 is 0. The molecule has 0 aliphatic carbocycles. The summed E-state index contributed by atoms with van der Waals surface area (Å²) in [5, 5.41) is 0. The number of benzene rings is 1. The summed E-state index contributed by atoms with van der Waals surface area (Å²) >= 11 is 0. The van der Waals surface area contributed by atoms with Crippen molar-refractivity contribution in [2.24, 2.45) is 5.41 Å². The van der Waals surface area contributed by atoms with Gasteiger partial charge in [-0.05, 0) is 23.1 Å². The molecule has 1 amide bonds. The molecule has 0 saturated carbocycles. The second-order valence-electron chi connectivity index (χ2n) is 6.39. The number of aromatic nitrogens is 1. The van der Waals surface area contributed by atoms with Gasteiger partial charge in [-0.25, -0.2) is 4.98 Å². The van der Waals surface area contributed by atoms with Gasteiger partial charge in [0.25, 0.3) is 0 Å². The highest BCUT2D eigenvalue weighted by Crippen LogP contribution is 2.23. The molecule has 0 aliphatic heterocycles. The molecule has 3 nitrogen and oxygen atoms in total. The van der Waals surface area contributed by atoms with Crippen LogP contribution < -0.4 is 4.90 Å². The van der Waals surface area contributed by atoms with Crippen LogP contribution in [0.5, 0.6) is 0 Å². The highest BCUT2D eigenvalue weighted by atomic mass is 16.2. The average molecular weight is 282 g/mol. The van der Waals surface area contributed by atoms with E-state index in [4.69, 9.17) is 0 Å². The molecule has 0 bridgehead atoms. The quantitative estimate of drug-likeness (QED) is 0.847. The van der Waals surface area contributed by atoms with Gasteiger partial charge in [0.15, 0.2) is 0 Å². The fourth-order valence-electron chi connectivity index (χ4n) is 2.13. The molecule has 1 aromatic heterocycles. The van der Waals surface area contributed by atoms with E-state index in [0.29, 0.717) is 18.8 Å². The SMILES string of the molecule is CC(C)(C)CC(=O)N(Cc1ccccc1)c1ccccn1. The molecule has 0 saturated heterocycles. The van der Waals surface area contributed by atoms with Crippen LogP contribution in [0, 0.1) is 5.41 Å². The number of rotatable bonds is 4. The van der Waals surface area contributed by atoms with Gasteiger partial charge in [0, 0.05) is 12.6 Å². The Hall–Kier alpha value is -2.16. The Kier molecular flexibility index (Phi) is 4.73. The molecule has 3 heteroatoms. The fourth-order valence-corrected chi connectivity index (χ4v) is 2.13. The van der Waals surface area contributed by atoms with E-state index in [-0.39, 0.29) is 11.3 Å². The molecule has 0 aliphatic rings. The molecule has 0 atom stereocenters. The summed E-state index contributed by atoms with van der Waals surface area (Å²) in [5.74, 6) is 0.806. The van der Waals surface area contributed by atoms with Gasteiger partial charge in [0.2, 0.25) is 5.91 Å². The fraction of sp³-hybridized carbons (Fsp3) is 0.333. The lowest BCUT2D eigenvalue weighted by molar-refractivity contribution is -0.120. The van der Waals surface area contributed by atoms with Crippen LogP contribution in [0.4, 0.5) is 5.82 Å². The number of anilines is 1. The third-order valence-electron chi connectivity index (χ3n) is 3.09. The largest absolute Gasteiger partial charge is 0.292 e. The lowest BCUT2D eigenvalue weighted by atomic mass is 9.91. The Morgan fingerprint density at radius 3 is 2.29 bits per heavy atom. The van der Waals surface area contributed by atoms with Gasteiger partial charge in [-0.1, -0.05) is 57.2 Å². The van der Waals surface area contributed by atoms with E-state index < -0.39 is 0 Å². The highest BCUT2D eigenvalue weighted by molar-refractivity contribution is 5.92. The van der Waals surface area contributed by atoms with E-state index in [0.717, 1.165) is 5.56 Å². The van der Waals surface area contributed by atoms with Crippen LogP contribution in [0.3, 0.4) is 0 Å². The Morgan fingerprint density at radius 2 is 1.71 bits per heavy atom. The van der Waals surface area contributed by atoms with Crippen LogP contribution in [-0.2, 0) is 11.3 Å². The molecule has 1 heterocycles. The topological polar surface area (TPSA) is 33.2 Å². The number of hydrogen-bond donors (Lipinski definition) is 0. The molecule has 0 unspecified atom stereocenters. The number of hydrogen-bond acceptors (Lipinski definition) is 2. The molecule has 21 heavy (non-hydrogen) atoms. The highest BCUT2D eigenvalue weighted by Gasteiger charge is 2.23. The van der Waals surface area contributed by atoms with Gasteiger partial charge < -0.3 is 0 Å². The molecule has 0 spiro atoms. The summed E-state index contributed by atoms with van der Waals surface area (Å²) in [6.07, 6.45) is 2.22. The van der Waals surface area contributed by atoms with Gasteiger partial charge in [-0.3, -0.25) is 9.69 Å². The molecular weight excluding hydrogens is 260 g/mol. The first-order valence-corrected chi connectivity index (χ1v) is 7.21. The minimum Gasteiger partial charge on any atom is -0.292 e. The van der Waals surface area contributed by atoms with Crippen LogP contribution in [-0.4, -0.2) is 10.9 Å². The minimum atomic E-state index is -0.0409. The number of pyridine rings is 1. The maximum absolute atomic E-state index is 12.6. The van der Waals surface area contributed by atoms with E-state index in [1.807, 2.05) is 48.5 Å². The second kappa shape index (κ2) is 6.53. The van der Waals surface area contributed by atoms with Gasteiger partial charge in [0.05, 0.1) is 6.54 Å². The van der Waals surface area contributed by atoms with Crippen molar-refractivity contribution in [1.29, 1.82) is 0 Å². The molecule has 2 rings (SSSR count). The summed E-state index contributed by atoms with van der Waals surface area (Å²) in [4.78, 5) is 18.7. The lowest BCUT2D eigenvalue weighted by Crippen LogP contribution is -2.33. The van der Waals surface area contributed by atoms with Crippen molar-refractivity contribution in [3.8, 4) is 0 Å². The van der Waals surface area contributed by atoms with Crippen LogP contribution in [0.15, 0.2) is 54.7 Å². The first-order valence-electron chi connectivity index (χ1n) is 7.21. The van der Waals surface area contributed by atoms with E-state index in [1.54, 1.807) is 11.1 Å². The number of nitrogens with zero attached hydrogens (tertiary/aromatic N) is 2. The Balaban J connectivity index is 2.25. The van der Waals surface area contributed by atoms with Gasteiger partial charge >= 0.3 is 0 Å². The zero-order chi connectivity index (χ0) is 15.3. The normalized spacial score (nSPS) is 11.2.